The number of aromatic amines is 1. The summed E-state index contributed by atoms with van der Waals surface area (Å²) in [5, 5.41) is 4.45. The molecule has 2 N–H and O–H groups in total. The first-order valence-electron chi connectivity index (χ1n) is 8.50. The molecule has 138 valence electrons. The van der Waals surface area contributed by atoms with Gasteiger partial charge in [0.15, 0.2) is 0 Å². The fourth-order valence-electron chi connectivity index (χ4n) is 3.75. The Hall–Kier alpha value is -1.43. The van der Waals surface area contributed by atoms with Gasteiger partial charge in [-0.2, -0.15) is 0 Å². The van der Waals surface area contributed by atoms with Crippen LogP contribution in [0.4, 0.5) is 5.69 Å². The Morgan fingerprint density at radius 1 is 1.20 bits per heavy atom. The number of ether oxygens (including phenoxy) is 1. The normalized spacial score (nSPS) is 17.4. The molecule has 3 heterocycles. The van der Waals surface area contributed by atoms with Crippen LogP contribution in [0, 0.1) is 0 Å². The highest BCUT2D eigenvalue weighted by Gasteiger charge is 2.21. The fourth-order valence-corrected chi connectivity index (χ4v) is 3.75. The van der Waals surface area contributed by atoms with E-state index in [0.29, 0.717) is 0 Å². The number of rotatable bonds is 2. The Balaban J connectivity index is 0.00000113. The standard InChI is InChI=1S/C18H23N3O2.2ClH/c1-21-10-2-3-14-17(21)15-11-13(4-5-16(15)20-18(14)22)23-12-6-8-19-9-7-12;;/h4-5,11-12,19H,2-3,6-10H2,1H3,(H,20,22);2*1H. The van der Waals surface area contributed by atoms with Crippen molar-refractivity contribution in [2.24, 2.45) is 0 Å². The minimum atomic E-state index is 0. The summed E-state index contributed by atoms with van der Waals surface area (Å²) in [7, 11) is 2.07. The lowest BCUT2D eigenvalue weighted by atomic mass is 10.00. The highest BCUT2D eigenvalue weighted by Crippen LogP contribution is 2.33. The predicted octanol–water partition coefficient (Wildman–Crippen LogP) is 2.88. The van der Waals surface area contributed by atoms with Crippen LogP contribution in [0.3, 0.4) is 0 Å². The Morgan fingerprint density at radius 2 is 1.96 bits per heavy atom. The minimum absolute atomic E-state index is 0. The second-order valence-corrected chi connectivity index (χ2v) is 6.58. The minimum Gasteiger partial charge on any atom is -0.490 e. The summed E-state index contributed by atoms with van der Waals surface area (Å²) >= 11 is 0. The monoisotopic (exact) mass is 385 g/mol. The van der Waals surface area contributed by atoms with Crippen LogP contribution in [0.15, 0.2) is 23.0 Å². The van der Waals surface area contributed by atoms with E-state index in [4.69, 9.17) is 4.74 Å². The molecular weight excluding hydrogens is 361 g/mol. The molecule has 0 spiro atoms. The van der Waals surface area contributed by atoms with Crippen molar-refractivity contribution >= 4 is 41.4 Å². The third kappa shape index (κ3) is 3.89. The van der Waals surface area contributed by atoms with E-state index in [1.807, 2.05) is 12.1 Å². The zero-order valence-electron chi connectivity index (χ0n) is 14.3. The molecule has 1 aromatic heterocycles. The van der Waals surface area contributed by atoms with Gasteiger partial charge < -0.3 is 19.9 Å². The maximum Gasteiger partial charge on any atom is 0.253 e. The number of anilines is 1. The number of halogens is 2. The van der Waals surface area contributed by atoms with E-state index in [-0.39, 0.29) is 36.5 Å². The summed E-state index contributed by atoms with van der Waals surface area (Å²) < 4.78 is 6.17. The second-order valence-electron chi connectivity index (χ2n) is 6.58. The smallest absolute Gasteiger partial charge is 0.253 e. The van der Waals surface area contributed by atoms with Crippen LogP contribution in [-0.2, 0) is 6.42 Å². The zero-order valence-corrected chi connectivity index (χ0v) is 16.0. The first-order valence-corrected chi connectivity index (χ1v) is 8.50. The molecule has 1 fully saturated rings. The number of piperidine rings is 1. The van der Waals surface area contributed by atoms with Gasteiger partial charge >= 0.3 is 0 Å². The summed E-state index contributed by atoms with van der Waals surface area (Å²) in [6.45, 7) is 3.03. The summed E-state index contributed by atoms with van der Waals surface area (Å²) in [4.78, 5) is 17.5. The highest BCUT2D eigenvalue weighted by molar-refractivity contribution is 5.94. The molecule has 1 aromatic carbocycles. The number of hydrogen-bond acceptors (Lipinski definition) is 4. The van der Waals surface area contributed by atoms with E-state index in [1.165, 1.54) is 0 Å². The van der Waals surface area contributed by atoms with E-state index in [0.717, 1.165) is 73.2 Å². The maximum absolute atomic E-state index is 12.3. The molecule has 2 aliphatic rings. The van der Waals surface area contributed by atoms with Crippen molar-refractivity contribution in [3.05, 3.63) is 34.1 Å². The van der Waals surface area contributed by atoms with Crippen LogP contribution in [0.5, 0.6) is 5.75 Å². The van der Waals surface area contributed by atoms with Crippen molar-refractivity contribution in [2.45, 2.75) is 31.8 Å². The Kier molecular flexibility index (Phi) is 6.60. The topological polar surface area (TPSA) is 57.4 Å². The first-order chi connectivity index (χ1) is 11.2. The molecule has 2 aliphatic heterocycles. The SMILES string of the molecule is CN1CCCc2c1c1cc(OC3CCNCC3)ccc1[nH]c2=O.Cl.Cl. The Bertz CT molecular complexity index is 788. The molecule has 0 saturated carbocycles. The van der Waals surface area contributed by atoms with Crippen molar-refractivity contribution in [1.82, 2.24) is 10.3 Å². The van der Waals surface area contributed by atoms with Gasteiger partial charge in [0.1, 0.15) is 11.9 Å². The molecule has 0 aliphatic carbocycles. The Morgan fingerprint density at radius 3 is 2.72 bits per heavy atom. The van der Waals surface area contributed by atoms with E-state index < -0.39 is 0 Å². The lowest BCUT2D eigenvalue weighted by molar-refractivity contribution is 0.162. The largest absolute Gasteiger partial charge is 0.490 e. The molecule has 0 unspecified atom stereocenters. The molecule has 0 bridgehead atoms. The lowest BCUT2D eigenvalue weighted by Gasteiger charge is -2.28. The van der Waals surface area contributed by atoms with E-state index in [2.05, 4.69) is 28.3 Å². The molecule has 7 heteroatoms. The molecule has 2 aromatic rings. The van der Waals surface area contributed by atoms with Crippen LogP contribution >= 0.6 is 24.8 Å². The van der Waals surface area contributed by atoms with Crippen LogP contribution in [0.25, 0.3) is 10.9 Å². The number of pyridine rings is 1. The molecule has 0 radical (unpaired) electrons. The van der Waals surface area contributed by atoms with Gasteiger partial charge in [0.2, 0.25) is 0 Å². The van der Waals surface area contributed by atoms with Crippen LogP contribution < -0.4 is 20.5 Å². The van der Waals surface area contributed by atoms with Crippen LogP contribution in [0.2, 0.25) is 0 Å². The quantitative estimate of drug-likeness (QED) is 0.834. The highest BCUT2D eigenvalue weighted by atomic mass is 35.5. The molecule has 0 atom stereocenters. The zero-order chi connectivity index (χ0) is 15.8. The van der Waals surface area contributed by atoms with Gasteiger partial charge in [0, 0.05) is 24.5 Å². The molecule has 4 rings (SSSR count). The third-order valence-electron chi connectivity index (χ3n) is 4.95. The summed E-state index contributed by atoms with van der Waals surface area (Å²) in [5.41, 5.74) is 2.92. The summed E-state index contributed by atoms with van der Waals surface area (Å²) in [6.07, 6.45) is 4.25. The maximum atomic E-state index is 12.3. The predicted molar refractivity (Wildman–Crippen MR) is 107 cm³/mol. The number of benzene rings is 1. The van der Waals surface area contributed by atoms with Gasteiger partial charge in [-0.3, -0.25) is 4.79 Å². The van der Waals surface area contributed by atoms with Crippen molar-refractivity contribution < 1.29 is 4.74 Å². The van der Waals surface area contributed by atoms with Gasteiger partial charge in [-0.1, -0.05) is 0 Å². The fraction of sp³-hybridized carbons (Fsp3) is 0.500. The van der Waals surface area contributed by atoms with Crippen molar-refractivity contribution in [2.75, 3.05) is 31.6 Å². The molecular formula is C18H25Cl2N3O2. The summed E-state index contributed by atoms with van der Waals surface area (Å²) in [5.74, 6) is 0.901. The molecule has 25 heavy (non-hydrogen) atoms. The number of fused-ring (bicyclic) bond motifs is 3. The average Bonchev–Trinajstić information content (AvgIpc) is 2.57. The average molecular weight is 386 g/mol. The van der Waals surface area contributed by atoms with Crippen LogP contribution in [-0.4, -0.2) is 37.8 Å². The van der Waals surface area contributed by atoms with Gasteiger partial charge in [0.25, 0.3) is 5.56 Å². The number of hydrogen-bond donors (Lipinski definition) is 2. The van der Waals surface area contributed by atoms with Gasteiger partial charge in [-0.05, 0) is 57.0 Å². The van der Waals surface area contributed by atoms with Gasteiger partial charge in [0.05, 0.1) is 11.2 Å². The first kappa shape index (κ1) is 19.9. The molecule has 0 amide bonds. The van der Waals surface area contributed by atoms with Crippen molar-refractivity contribution in [1.29, 1.82) is 0 Å². The second kappa shape index (κ2) is 8.30. The number of aromatic nitrogens is 1. The third-order valence-corrected chi connectivity index (χ3v) is 4.95. The molecule has 5 nitrogen and oxygen atoms in total. The number of nitrogens with one attached hydrogen (secondary N) is 2. The van der Waals surface area contributed by atoms with Crippen molar-refractivity contribution in [3.63, 3.8) is 0 Å². The molecule has 1 saturated heterocycles. The van der Waals surface area contributed by atoms with E-state index in [1.54, 1.807) is 0 Å². The van der Waals surface area contributed by atoms with E-state index in [9.17, 15) is 4.79 Å². The lowest BCUT2D eigenvalue weighted by Crippen LogP contribution is -2.34. The Labute approximate surface area is 159 Å². The number of nitrogens with zero attached hydrogens (tertiary/aromatic N) is 1. The van der Waals surface area contributed by atoms with Gasteiger partial charge in [-0.25, -0.2) is 0 Å². The van der Waals surface area contributed by atoms with Gasteiger partial charge in [-0.15, -0.1) is 24.8 Å². The van der Waals surface area contributed by atoms with E-state index >= 15 is 0 Å². The van der Waals surface area contributed by atoms with Crippen molar-refractivity contribution in [3.8, 4) is 5.75 Å². The van der Waals surface area contributed by atoms with Crippen LogP contribution in [0.1, 0.15) is 24.8 Å². The summed E-state index contributed by atoms with van der Waals surface area (Å²) in [6, 6.07) is 6.03. The number of H-pyrrole nitrogens is 1.